The smallest absolute Gasteiger partial charge is 0.382 e. The number of likely N-dealkylation sites (tertiary alicyclic amines) is 1. The number of carbonyl (C=O) groups is 1. The van der Waals surface area contributed by atoms with Crippen LogP contribution in [-0.4, -0.2) is 57.9 Å². The molecule has 1 amide bonds. The zero-order valence-corrected chi connectivity index (χ0v) is 23.6. The van der Waals surface area contributed by atoms with Gasteiger partial charge in [0.15, 0.2) is 0 Å². The Labute approximate surface area is 228 Å². The molecule has 1 aromatic carbocycles. The number of carbonyl (C=O) groups excluding carboxylic acids is 1. The lowest BCUT2D eigenvalue weighted by Crippen LogP contribution is -2.36. The first kappa shape index (κ1) is 30.5. The summed E-state index contributed by atoms with van der Waals surface area (Å²) in [5, 5.41) is 10.8. The van der Waals surface area contributed by atoms with Crippen LogP contribution in [0.2, 0.25) is 0 Å². The van der Waals surface area contributed by atoms with E-state index in [0.717, 1.165) is 44.5 Å². The average Bonchev–Trinajstić information content (AvgIpc) is 3.55. The van der Waals surface area contributed by atoms with E-state index in [1.54, 1.807) is 18.2 Å². The maximum atomic E-state index is 13.5. The number of halogens is 3. The van der Waals surface area contributed by atoms with E-state index in [2.05, 4.69) is 46.6 Å². The van der Waals surface area contributed by atoms with Crippen molar-refractivity contribution in [3.63, 3.8) is 0 Å². The van der Waals surface area contributed by atoms with Crippen molar-refractivity contribution in [2.24, 2.45) is 5.92 Å². The second kappa shape index (κ2) is 13.8. The third-order valence-corrected chi connectivity index (χ3v) is 6.42. The largest absolute Gasteiger partial charge is 0.406 e. The van der Waals surface area contributed by atoms with Gasteiger partial charge in [0, 0.05) is 23.0 Å². The van der Waals surface area contributed by atoms with Crippen molar-refractivity contribution in [3.05, 3.63) is 30.2 Å². The van der Waals surface area contributed by atoms with E-state index in [0.29, 0.717) is 10.9 Å². The third-order valence-electron chi connectivity index (χ3n) is 6.42. The molecule has 1 aliphatic carbocycles. The van der Waals surface area contributed by atoms with E-state index in [1.165, 1.54) is 11.0 Å². The fraction of sp³-hybridized carbons (Fsp3) is 0.607. The minimum absolute atomic E-state index is 0.0344. The van der Waals surface area contributed by atoms with Crippen LogP contribution in [0.4, 0.5) is 18.9 Å². The van der Waals surface area contributed by atoms with Crippen molar-refractivity contribution >= 4 is 22.5 Å². The van der Waals surface area contributed by atoms with Gasteiger partial charge in [-0.15, -0.1) is 0 Å². The molecule has 3 aromatic rings. The summed E-state index contributed by atoms with van der Waals surface area (Å²) in [4.78, 5) is 18.4. The van der Waals surface area contributed by atoms with E-state index < -0.39 is 12.7 Å². The summed E-state index contributed by atoms with van der Waals surface area (Å²) in [6.45, 7) is 9.06. The first-order chi connectivity index (χ1) is 18.7. The number of piperidine rings is 1. The van der Waals surface area contributed by atoms with Crippen molar-refractivity contribution < 1.29 is 22.5 Å². The molecule has 0 unspecified atom stereocenters. The number of benzene rings is 1. The van der Waals surface area contributed by atoms with Gasteiger partial charge in [-0.25, -0.2) is 0 Å². The molecule has 39 heavy (non-hydrogen) atoms. The molecule has 1 saturated heterocycles. The lowest BCUT2D eigenvalue weighted by atomic mass is 10.0. The Kier molecular flexibility index (Phi) is 10.8. The molecule has 0 bridgehead atoms. The van der Waals surface area contributed by atoms with Gasteiger partial charge in [-0.3, -0.25) is 4.79 Å². The SMILES string of the molecule is CC.CCC.CN1CCC(Nc2cccc3c2cc(-c2noc(CNC(=O)C4CC4)n2)n3CC(F)(F)F)CC1. The first-order valence-corrected chi connectivity index (χ1v) is 13.9. The number of hydrogen-bond donors (Lipinski definition) is 2. The summed E-state index contributed by atoms with van der Waals surface area (Å²) in [5.41, 5.74) is 1.45. The number of anilines is 1. The van der Waals surface area contributed by atoms with Crippen LogP contribution in [0.15, 0.2) is 28.8 Å². The van der Waals surface area contributed by atoms with Gasteiger partial charge < -0.3 is 24.6 Å². The summed E-state index contributed by atoms with van der Waals surface area (Å²) in [7, 11) is 2.08. The minimum atomic E-state index is -4.43. The lowest BCUT2D eigenvalue weighted by Gasteiger charge is -2.30. The van der Waals surface area contributed by atoms with Crippen LogP contribution in [-0.2, 0) is 17.9 Å². The first-order valence-electron chi connectivity index (χ1n) is 13.9. The van der Waals surface area contributed by atoms with Crippen molar-refractivity contribution in [1.29, 1.82) is 0 Å². The number of aromatic nitrogens is 3. The van der Waals surface area contributed by atoms with Crippen LogP contribution in [0.5, 0.6) is 0 Å². The molecule has 2 N–H and O–H groups in total. The quantitative estimate of drug-likeness (QED) is 0.363. The molecule has 0 radical (unpaired) electrons. The third kappa shape index (κ3) is 8.45. The topological polar surface area (TPSA) is 88.2 Å². The lowest BCUT2D eigenvalue weighted by molar-refractivity contribution is -0.139. The Morgan fingerprint density at radius 3 is 2.41 bits per heavy atom. The molecule has 5 rings (SSSR count). The molecule has 2 fully saturated rings. The van der Waals surface area contributed by atoms with Gasteiger partial charge in [0.1, 0.15) is 6.54 Å². The molecular weight excluding hydrogens is 509 g/mol. The number of nitrogens with one attached hydrogen (secondary N) is 2. The van der Waals surface area contributed by atoms with Crippen LogP contribution in [0.1, 0.15) is 65.7 Å². The molecule has 1 saturated carbocycles. The zero-order chi connectivity index (χ0) is 28.6. The fourth-order valence-corrected chi connectivity index (χ4v) is 4.40. The average molecular weight is 551 g/mol. The van der Waals surface area contributed by atoms with Gasteiger partial charge in [0.05, 0.1) is 17.8 Å². The number of rotatable bonds is 7. The number of hydrogen-bond acceptors (Lipinski definition) is 6. The highest BCUT2D eigenvalue weighted by molar-refractivity contribution is 5.96. The van der Waals surface area contributed by atoms with Gasteiger partial charge in [-0.2, -0.15) is 18.2 Å². The van der Waals surface area contributed by atoms with Crippen molar-refractivity contribution in [2.75, 3.05) is 25.5 Å². The van der Waals surface area contributed by atoms with E-state index in [4.69, 9.17) is 4.52 Å². The molecular formula is C28H41F3N6O2. The van der Waals surface area contributed by atoms with Gasteiger partial charge >= 0.3 is 6.18 Å². The molecule has 8 nitrogen and oxygen atoms in total. The molecule has 3 heterocycles. The fourth-order valence-electron chi connectivity index (χ4n) is 4.40. The second-order valence-corrected chi connectivity index (χ2v) is 9.90. The highest BCUT2D eigenvalue weighted by Gasteiger charge is 2.32. The standard InChI is InChI=1S/C23H27F3N6O2.C3H8.C2H6/c1-31-9-7-15(8-10-31)28-17-3-2-4-18-16(17)11-19(32(18)13-23(24,25)26)21-29-20(34-30-21)12-27-22(33)14-5-6-14;1-3-2;1-2/h2-4,11,14-15,28H,5-10,12-13H2,1H3,(H,27,33);3H2,1-2H3;1-2H3. The van der Waals surface area contributed by atoms with Gasteiger partial charge in [0.25, 0.3) is 0 Å². The normalized spacial score (nSPS) is 16.2. The Morgan fingerprint density at radius 1 is 1.13 bits per heavy atom. The number of amides is 1. The number of fused-ring (bicyclic) bond motifs is 1. The minimum Gasteiger partial charge on any atom is -0.382 e. The molecule has 2 aliphatic rings. The summed E-state index contributed by atoms with van der Waals surface area (Å²) in [6.07, 6.45) is 0.481. The van der Waals surface area contributed by atoms with E-state index in [-0.39, 0.29) is 41.8 Å². The van der Waals surface area contributed by atoms with Gasteiger partial charge in [0.2, 0.25) is 17.6 Å². The molecule has 1 aliphatic heterocycles. The number of alkyl halides is 3. The Morgan fingerprint density at radius 2 is 1.79 bits per heavy atom. The Balaban J connectivity index is 0.000000787. The van der Waals surface area contributed by atoms with E-state index in [1.807, 2.05) is 19.9 Å². The molecule has 11 heteroatoms. The Hall–Kier alpha value is -3.08. The Bertz CT molecular complexity index is 1190. The van der Waals surface area contributed by atoms with Crippen molar-refractivity contribution in [1.82, 2.24) is 24.9 Å². The summed E-state index contributed by atoms with van der Waals surface area (Å²) < 4.78 is 46.9. The van der Waals surface area contributed by atoms with Gasteiger partial charge in [-0.1, -0.05) is 45.3 Å². The van der Waals surface area contributed by atoms with Gasteiger partial charge in [-0.05, 0) is 64.0 Å². The summed E-state index contributed by atoms with van der Waals surface area (Å²) in [5.74, 6) is 0.168. The summed E-state index contributed by atoms with van der Waals surface area (Å²) >= 11 is 0. The molecule has 0 spiro atoms. The second-order valence-electron chi connectivity index (χ2n) is 9.90. The van der Waals surface area contributed by atoms with E-state index in [9.17, 15) is 18.0 Å². The van der Waals surface area contributed by atoms with Crippen molar-refractivity contribution in [2.45, 2.75) is 85.1 Å². The predicted molar refractivity (Wildman–Crippen MR) is 147 cm³/mol. The van der Waals surface area contributed by atoms with Crippen LogP contribution in [0.3, 0.4) is 0 Å². The molecule has 2 aromatic heterocycles. The van der Waals surface area contributed by atoms with Crippen LogP contribution in [0.25, 0.3) is 22.4 Å². The highest BCUT2D eigenvalue weighted by atomic mass is 19.4. The molecule has 216 valence electrons. The maximum Gasteiger partial charge on any atom is 0.406 e. The highest BCUT2D eigenvalue weighted by Crippen LogP contribution is 2.35. The monoisotopic (exact) mass is 550 g/mol. The van der Waals surface area contributed by atoms with Crippen LogP contribution < -0.4 is 10.6 Å². The predicted octanol–water partition coefficient (Wildman–Crippen LogP) is 6.23. The van der Waals surface area contributed by atoms with Crippen molar-refractivity contribution in [3.8, 4) is 11.5 Å². The maximum absolute atomic E-state index is 13.5. The zero-order valence-electron chi connectivity index (χ0n) is 23.6. The summed E-state index contributed by atoms with van der Waals surface area (Å²) in [6, 6.07) is 7.24. The van der Waals surface area contributed by atoms with E-state index >= 15 is 0 Å². The van der Waals surface area contributed by atoms with Crippen LogP contribution in [0, 0.1) is 5.92 Å². The van der Waals surface area contributed by atoms with Crippen LogP contribution >= 0.6 is 0 Å². The number of nitrogens with zero attached hydrogens (tertiary/aromatic N) is 4. The molecule has 0 atom stereocenters.